The summed E-state index contributed by atoms with van der Waals surface area (Å²) in [5.74, 6) is 0. The number of hydrogen-bond acceptors (Lipinski definition) is 2. The second-order valence-electron chi connectivity index (χ2n) is 24.3. The van der Waals surface area contributed by atoms with Gasteiger partial charge in [0.05, 0.1) is 11.4 Å². The van der Waals surface area contributed by atoms with Gasteiger partial charge in [-0.3, -0.25) is 0 Å². The average molecular weight is 1180 g/mol. The molecule has 0 amide bonds. The van der Waals surface area contributed by atoms with Crippen molar-refractivity contribution in [1.29, 1.82) is 0 Å². The molecule has 0 saturated heterocycles. The van der Waals surface area contributed by atoms with Crippen LogP contribution in [0.3, 0.4) is 0 Å². The molecule has 17 rings (SSSR count). The number of fused-ring (bicyclic) bond motifs is 4. The van der Waals surface area contributed by atoms with Gasteiger partial charge in [0.2, 0.25) is 0 Å². The smallest absolute Gasteiger partial charge is 0.252 e. The molecule has 93 heavy (non-hydrogen) atoms. The first-order valence-corrected chi connectivity index (χ1v) is 32.2. The number of benzene rings is 15. The minimum absolute atomic E-state index is 0.196. The van der Waals surface area contributed by atoms with E-state index in [0.717, 1.165) is 67.5 Å². The molecule has 2 heterocycles. The first kappa shape index (κ1) is 55.1. The molecule has 0 spiro atoms. The Balaban J connectivity index is 0.945. The Labute approximate surface area is 545 Å². The number of hydrogen-bond donors (Lipinski definition) is 0. The summed E-state index contributed by atoms with van der Waals surface area (Å²) < 4.78 is 0. The van der Waals surface area contributed by atoms with Crippen molar-refractivity contribution in [2.24, 2.45) is 0 Å². The van der Waals surface area contributed by atoms with Crippen molar-refractivity contribution in [1.82, 2.24) is 0 Å². The van der Waals surface area contributed by atoms with Crippen LogP contribution in [-0.4, -0.2) is 6.71 Å². The first-order chi connectivity index (χ1) is 46.1. The Kier molecular flexibility index (Phi) is 14.0. The maximum atomic E-state index is 2.59. The van der Waals surface area contributed by atoms with Gasteiger partial charge in [-0.2, -0.15) is 0 Å². The molecule has 0 aromatic heterocycles. The molecule has 2 aliphatic rings. The summed E-state index contributed by atoms with van der Waals surface area (Å²) in [5, 5.41) is 0. The number of nitrogens with zero attached hydrogens (tertiary/aromatic N) is 2. The van der Waals surface area contributed by atoms with Gasteiger partial charge >= 0.3 is 0 Å². The molecule has 0 fully saturated rings. The molecule has 0 aliphatic carbocycles. The predicted molar refractivity (Wildman–Crippen MR) is 395 cm³/mol. The summed E-state index contributed by atoms with van der Waals surface area (Å²) in [4.78, 5) is 5.17. The molecule has 2 nitrogen and oxygen atoms in total. The Morgan fingerprint density at radius 3 is 0.742 bits per heavy atom. The third-order valence-corrected chi connectivity index (χ3v) is 18.8. The molecule has 0 radical (unpaired) electrons. The average Bonchev–Trinajstić information content (AvgIpc) is 0.702. The highest BCUT2D eigenvalue weighted by atomic mass is 15.2. The van der Waals surface area contributed by atoms with Gasteiger partial charge in [0.25, 0.3) is 6.71 Å². The minimum Gasteiger partial charge on any atom is -0.311 e. The Bertz CT molecular complexity index is 4820. The summed E-state index contributed by atoms with van der Waals surface area (Å²) in [6.45, 7) is -0.196. The SMILES string of the molecule is c1ccc(-c2cc(-c3ccccc3)cc(-c3ccccc3N3c4ccc(-c5ccccc5-c5ccccc5)cc4B4c5cc(-c6ccccc6-c6ccccc6)ccc5N(c5ccccc5-c5cc(-c6ccccc6)cc(-c6ccccc6)c5)c5cccc3c54)c2)cc1. The molecular formula is C90H61BN2. The van der Waals surface area contributed by atoms with E-state index in [4.69, 9.17) is 0 Å². The van der Waals surface area contributed by atoms with Crippen LogP contribution < -0.4 is 26.2 Å². The topological polar surface area (TPSA) is 6.48 Å². The minimum atomic E-state index is -0.196. The van der Waals surface area contributed by atoms with Gasteiger partial charge in [0, 0.05) is 33.9 Å². The monoisotopic (exact) mass is 1180 g/mol. The molecular weight excluding hydrogens is 1120 g/mol. The van der Waals surface area contributed by atoms with Crippen molar-refractivity contribution in [2.45, 2.75) is 0 Å². The predicted octanol–water partition coefficient (Wildman–Crippen LogP) is 22.4. The largest absolute Gasteiger partial charge is 0.311 e. The zero-order chi connectivity index (χ0) is 61.6. The fourth-order valence-electron chi connectivity index (χ4n) is 14.6. The van der Waals surface area contributed by atoms with Crippen LogP contribution in [0.25, 0.3) is 111 Å². The molecule has 0 N–H and O–H groups in total. The van der Waals surface area contributed by atoms with Crippen molar-refractivity contribution in [3.63, 3.8) is 0 Å². The van der Waals surface area contributed by atoms with Crippen LogP contribution in [0.2, 0.25) is 0 Å². The second kappa shape index (κ2) is 23.7. The highest BCUT2D eigenvalue weighted by Crippen LogP contribution is 2.50. The molecule has 2 aliphatic heterocycles. The van der Waals surface area contributed by atoms with E-state index in [2.05, 4.69) is 380 Å². The van der Waals surface area contributed by atoms with Gasteiger partial charge in [0.1, 0.15) is 0 Å². The van der Waals surface area contributed by atoms with Crippen LogP contribution in [0.5, 0.6) is 0 Å². The van der Waals surface area contributed by atoms with Gasteiger partial charge in [0.15, 0.2) is 0 Å². The van der Waals surface area contributed by atoms with E-state index in [9.17, 15) is 0 Å². The lowest BCUT2D eigenvalue weighted by Crippen LogP contribution is -2.61. The molecule has 15 aromatic carbocycles. The molecule has 3 heteroatoms. The summed E-state index contributed by atoms with van der Waals surface area (Å²) in [7, 11) is 0. The summed E-state index contributed by atoms with van der Waals surface area (Å²) in [5.41, 5.74) is 33.9. The van der Waals surface area contributed by atoms with E-state index in [0.29, 0.717) is 0 Å². The van der Waals surface area contributed by atoms with Crippen LogP contribution in [0.1, 0.15) is 0 Å². The lowest BCUT2D eigenvalue weighted by atomic mass is 9.33. The van der Waals surface area contributed by atoms with Crippen LogP contribution >= 0.6 is 0 Å². The number of anilines is 6. The first-order valence-electron chi connectivity index (χ1n) is 32.2. The van der Waals surface area contributed by atoms with Crippen molar-refractivity contribution < 1.29 is 0 Å². The number of rotatable bonds is 12. The summed E-state index contributed by atoms with van der Waals surface area (Å²) >= 11 is 0. The molecule has 0 unspecified atom stereocenters. The van der Waals surface area contributed by atoms with Crippen LogP contribution in [0.15, 0.2) is 370 Å². The van der Waals surface area contributed by atoms with Gasteiger partial charge < -0.3 is 9.80 Å². The third kappa shape index (κ3) is 10.0. The van der Waals surface area contributed by atoms with E-state index in [-0.39, 0.29) is 6.71 Å². The van der Waals surface area contributed by atoms with Crippen molar-refractivity contribution in [3.05, 3.63) is 370 Å². The van der Waals surface area contributed by atoms with Crippen LogP contribution in [0.4, 0.5) is 34.1 Å². The molecule has 434 valence electrons. The zero-order valence-corrected chi connectivity index (χ0v) is 51.2. The lowest BCUT2D eigenvalue weighted by molar-refractivity contribution is 1.25. The summed E-state index contributed by atoms with van der Waals surface area (Å²) in [6, 6.07) is 137. The molecule has 0 saturated carbocycles. The van der Waals surface area contributed by atoms with Crippen molar-refractivity contribution >= 4 is 57.2 Å². The van der Waals surface area contributed by atoms with Crippen LogP contribution in [-0.2, 0) is 0 Å². The van der Waals surface area contributed by atoms with E-state index in [1.165, 1.54) is 94.3 Å². The van der Waals surface area contributed by atoms with E-state index >= 15 is 0 Å². The Hall–Kier alpha value is -12.0. The standard InChI is InChI=1S/C90H61BN2/c1-7-28-62(29-8-1)70-54-71(63-30-9-2-10-31-63)57-74(56-70)80-44-23-25-46-84(80)92-86-52-50-68(78-42-21-19-40-76(78)66-36-15-5-16-37-66)60-82(86)91-83-61-69(79-43-22-20-41-77(79)67-38-17-6-18-39-67)51-53-87(83)93(89-49-27-48-88(92)90(89)91)85-47-26-24-45-81(85)75-58-72(64-32-11-3-12-33-64)55-73(59-75)65-34-13-4-14-35-65/h1-61H. The fraction of sp³-hybridized carbons (Fsp3) is 0. The highest BCUT2D eigenvalue weighted by molar-refractivity contribution is 7.00. The number of para-hydroxylation sites is 2. The second-order valence-corrected chi connectivity index (χ2v) is 24.3. The summed E-state index contributed by atoms with van der Waals surface area (Å²) in [6.07, 6.45) is 0. The maximum absolute atomic E-state index is 2.59. The van der Waals surface area contributed by atoms with Gasteiger partial charge in [-0.25, -0.2) is 0 Å². The lowest BCUT2D eigenvalue weighted by Gasteiger charge is -2.45. The maximum Gasteiger partial charge on any atom is 0.252 e. The van der Waals surface area contributed by atoms with Gasteiger partial charge in [-0.15, -0.1) is 0 Å². The van der Waals surface area contributed by atoms with Gasteiger partial charge in [-0.1, -0.05) is 297 Å². The van der Waals surface area contributed by atoms with E-state index < -0.39 is 0 Å². The Morgan fingerprint density at radius 2 is 0.409 bits per heavy atom. The molecule has 0 bridgehead atoms. The third-order valence-electron chi connectivity index (χ3n) is 18.8. The van der Waals surface area contributed by atoms with Crippen molar-refractivity contribution in [2.75, 3.05) is 9.80 Å². The zero-order valence-electron chi connectivity index (χ0n) is 51.2. The van der Waals surface area contributed by atoms with Crippen LogP contribution in [0, 0.1) is 0 Å². The quantitative estimate of drug-likeness (QED) is 0.113. The van der Waals surface area contributed by atoms with E-state index in [1.54, 1.807) is 0 Å². The van der Waals surface area contributed by atoms with Gasteiger partial charge in [-0.05, 0) is 189 Å². The normalized spacial score (nSPS) is 12.0. The van der Waals surface area contributed by atoms with Crippen molar-refractivity contribution in [3.8, 4) is 111 Å². The Morgan fingerprint density at radius 1 is 0.151 bits per heavy atom. The highest BCUT2D eigenvalue weighted by Gasteiger charge is 2.44. The molecule has 15 aromatic rings. The molecule has 0 atom stereocenters. The fourth-order valence-corrected chi connectivity index (χ4v) is 14.6. The van der Waals surface area contributed by atoms with E-state index in [1.807, 2.05) is 0 Å².